The van der Waals surface area contributed by atoms with Crippen LogP contribution >= 0.6 is 0 Å². The minimum atomic E-state index is -3.90. The smallest absolute Gasteiger partial charge is 0.297 e. The van der Waals surface area contributed by atoms with Crippen LogP contribution in [0, 0.1) is 26.7 Å². The molecule has 5 heteroatoms. The Bertz CT molecular complexity index is 594. The normalized spacial score (nSPS) is 13.2. The van der Waals surface area contributed by atoms with Crippen molar-refractivity contribution >= 4 is 15.9 Å². The van der Waals surface area contributed by atoms with E-state index >= 15 is 0 Å². The third kappa shape index (κ3) is 4.64. The monoisotopic (exact) mass is 312 g/mol. The molecule has 0 aliphatic carbocycles. The van der Waals surface area contributed by atoms with E-state index in [4.69, 9.17) is 4.18 Å². The van der Waals surface area contributed by atoms with E-state index in [0.29, 0.717) is 11.1 Å². The van der Waals surface area contributed by atoms with Crippen LogP contribution in [0.2, 0.25) is 0 Å². The van der Waals surface area contributed by atoms with Crippen LogP contribution in [-0.2, 0) is 19.1 Å². The number of carbonyl (C=O) groups is 1. The van der Waals surface area contributed by atoms with Crippen molar-refractivity contribution in [2.75, 3.05) is 6.61 Å². The van der Waals surface area contributed by atoms with Gasteiger partial charge in [0, 0.05) is 5.92 Å². The largest absolute Gasteiger partial charge is 0.297 e. The summed E-state index contributed by atoms with van der Waals surface area (Å²) in [6.07, 6.45) is 1.63. The molecule has 0 bridgehead atoms. The maximum absolute atomic E-state index is 12.3. The molecule has 1 aromatic carbocycles. The average Bonchev–Trinajstić information content (AvgIpc) is 2.34. The molecule has 0 saturated carbocycles. The van der Waals surface area contributed by atoms with Gasteiger partial charge >= 0.3 is 0 Å². The molecule has 0 amide bonds. The highest BCUT2D eigenvalue weighted by molar-refractivity contribution is 7.86. The summed E-state index contributed by atoms with van der Waals surface area (Å²) in [4.78, 5) is 12.0. The Morgan fingerprint density at radius 3 is 2.19 bits per heavy atom. The molecule has 118 valence electrons. The van der Waals surface area contributed by atoms with Gasteiger partial charge in [0.25, 0.3) is 10.1 Å². The molecule has 0 N–H and O–H groups in total. The first-order valence-corrected chi connectivity index (χ1v) is 8.59. The first-order chi connectivity index (χ1) is 9.69. The van der Waals surface area contributed by atoms with E-state index < -0.39 is 16.7 Å². The summed E-state index contributed by atoms with van der Waals surface area (Å²) in [5.41, 5.74) is 2.28. The van der Waals surface area contributed by atoms with Gasteiger partial charge in [-0.1, -0.05) is 38.0 Å². The zero-order chi connectivity index (χ0) is 16.2. The Balaban J connectivity index is 2.91. The van der Waals surface area contributed by atoms with E-state index in [-0.39, 0.29) is 16.6 Å². The van der Waals surface area contributed by atoms with Gasteiger partial charge in [0.15, 0.2) is 5.78 Å². The zero-order valence-corrected chi connectivity index (χ0v) is 14.2. The molecular weight excluding hydrogens is 288 g/mol. The van der Waals surface area contributed by atoms with Crippen LogP contribution in [0.4, 0.5) is 0 Å². The second-order valence-electron chi connectivity index (χ2n) is 5.60. The lowest BCUT2D eigenvalue weighted by molar-refractivity contribution is -0.124. The van der Waals surface area contributed by atoms with Crippen LogP contribution in [-0.4, -0.2) is 20.8 Å². The molecule has 1 rings (SSSR count). The lowest BCUT2D eigenvalue weighted by Crippen LogP contribution is -2.21. The molecule has 0 aliphatic rings. The van der Waals surface area contributed by atoms with Crippen LogP contribution in [0.1, 0.15) is 43.4 Å². The molecule has 1 aromatic rings. The molecule has 0 fully saturated rings. The molecule has 4 nitrogen and oxygen atoms in total. The van der Waals surface area contributed by atoms with Crippen molar-refractivity contribution in [2.45, 2.75) is 52.4 Å². The Hall–Kier alpha value is -1.20. The second kappa shape index (κ2) is 7.18. The van der Waals surface area contributed by atoms with Crippen LogP contribution in [0.15, 0.2) is 17.0 Å². The van der Waals surface area contributed by atoms with Gasteiger partial charge in [-0.25, -0.2) is 0 Å². The molecule has 0 spiro atoms. The van der Waals surface area contributed by atoms with Crippen molar-refractivity contribution in [1.29, 1.82) is 0 Å². The maximum Gasteiger partial charge on any atom is 0.297 e. The van der Waals surface area contributed by atoms with Gasteiger partial charge < -0.3 is 0 Å². The Morgan fingerprint density at radius 1 is 1.19 bits per heavy atom. The molecule has 0 aliphatic heterocycles. The second-order valence-corrected chi connectivity index (χ2v) is 7.15. The SMILES string of the molecule is CCCC(C)C(=O)COS(=O)(=O)c1c(C)cc(C)cc1C. The summed E-state index contributed by atoms with van der Waals surface area (Å²) in [7, 11) is -3.90. The fourth-order valence-electron chi connectivity index (χ4n) is 2.49. The topological polar surface area (TPSA) is 60.4 Å². The molecule has 21 heavy (non-hydrogen) atoms. The van der Waals surface area contributed by atoms with Crippen LogP contribution in [0.25, 0.3) is 0 Å². The molecule has 0 radical (unpaired) electrons. The van der Waals surface area contributed by atoms with E-state index in [1.807, 2.05) is 13.8 Å². The standard InChI is InChI=1S/C16H24O4S/c1-6-7-12(3)15(17)10-20-21(18,19)16-13(4)8-11(2)9-14(16)5/h8-9,12H,6-7,10H2,1-5H3. The van der Waals surface area contributed by atoms with Crippen LogP contribution in [0.3, 0.4) is 0 Å². The predicted molar refractivity (Wildman–Crippen MR) is 82.9 cm³/mol. The predicted octanol–water partition coefficient (Wildman–Crippen LogP) is 3.32. The van der Waals surface area contributed by atoms with Gasteiger partial charge in [0.1, 0.15) is 6.61 Å². The van der Waals surface area contributed by atoms with Gasteiger partial charge in [-0.2, -0.15) is 8.42 Å². The number of aryl methyl sites for hydroxylation is 3. The highest BCUT2D eigenvalue weighted by Gasteiger charge is 2.23. The Labute approximate surface area is 127 Å². The Kier molecular flexibility index (Phi) is 6.10. The van der Waals surface area contributed by atoms with Gasteiger partial charge in [0.05, 0.1) is 4.90 Å². The molecular formula is C16H24O4S. The fourth-order valence-corrected chi connectivity index (χ4v) is 3.79. The van der Waals surface area contributed by atoms with Crippen molar-refractivity contribution in [1.82, 2.24) is 0 Å². The van der Waals surface area contributed by atoms with E-state index in [0.717, 1.165) is 18.4 Å². The number of carbonyl (C=O) groups excluding carboxylic acids is 1. The first-order valence-electron chi connectivity index (χ1n) is 7.19. The third-order valence-corrected chi connectivity index (χ3v) is 5.05. The van der Waals surface area contributed by atoms with Crippen molar-refractivity contribution in [3.05, 3.63) is 28.8 Å². The lowest BCUT2D eigenvalue weighted by atomic mass is 10.0. The number of hydrogen-bond donors (Lipinski definition) is 0. The molecule has 1 atom stereocenters. The Morgan fingerprint density at radius 2 is 1.71 bits per heavy atom. The zero-order valence-electron chi connectivity index (χ0n) is 13.4. The highest BCUT2D eigenvalue weighted by Crippen LogP contribution is 2.23. The van der Waals surface area contributed by atoms with Crippen molar-refractivity contribution < 1.29 is 17.4 Å². The molecule has 0 heterocycles. The molecule has 0 saturated heterocycles. The van der Waals surface area contributed by atoms with Crippen molar-refractivity contribution in [3.63, 3.8) is 0 Å². The van der Waals surface area contributed by atoms with E-state index in [1.165, 1.54) is 0 Å². The minimum absolute atomic E-state index is 0.170. The van der Waals surface area contributed by atoms with Gasteiger partial charge in [-0.3, -0.25) is 8.98 Å². The fraction of sp³-hybridized carbons (Fsp3) is 0.562. The summed E-state index contributed by atoms with van der Waals surface area (Å²) in [5, 5.41) is 0. The summed E-state index contributed by atoms with van der Waals surface area (Å²) in [5.74, 6) is -0.353. The van der Waals surface area contributed by atoms with Crippen molar-refractivity contribution in [3.8, 4) is 0 Å². The first kappa shape index (κ1) is 17.9. The molecule has 0 aromatic heterocycles. The lowest BCUT2D eigenvalue weighted by Gasteiger charge is -2.13. The van der Waals surface area contributed by atoms with Gasteiger partial charge in [0.2, 0.25) is 0 Å². The number of benzene rings is 1. The molecule has 1 unspecified atom stereocenters. The highest BCUT2D eigenvalue weighted by atomic mass is 32.2. The summed E-state index contributed by atoms with van der Waals surface area (Å²) < 4.78 is 29.6. The van der Waals surface area contributed by atoms with E-state index in [1.54, 1.807) is 32.9 Å². The summed E-state index contributed by atoms with van der Waals surface area (Å²) >= 11 is 0. The quantitative estimate of drug-likeness (QED) is 0.725. The number of hydrogen-bond acceptors (Lipinski definition) is 4. The van der Waals surface area contributed by atoms with E-state index in [2.05, 4.69) is 0 Å². The van der Waals surface area contributed by atoms with E-state index in [9.17, 15) is 13.2 Å². The van der Waals surface area contributed by atoms with Crippen molar-refractivity contribution in [2.24, 2.45) is 5.92 Å². The number of rotatable bonds is 7. The summed E-state index contributed by atoms with van der Waals surface area (Å²) in [6.45, 7) is 8.77. The number of ketones is 1. The van der Waals surface area contributed by atoms with Crippen LogP contribution in [0.5, 0.6) is 0 Å². The maximum atomic E-state index is 12.3. The van der Waals surface area contributed by atoms with Gasteiger partial charge in [-0.05, 0) is 38.3 Å². The van der Waals surface area contributed by atoms with Gasteiger partial charge in [-0.15, -0.1) is 0 Å². The average molecular weight is 312 g/mol. The number of Topliss-reactive ketones (excluding diaryl/α,β-unsaturated/α-hetero) is 1. The van der Waals surface area contributed by atoms with Crippen LogP contribution < -0.4 is 0 Å². The minimum Gasteiger partial charge on any atom is -0.297 e. The summed E-state index contributed by atoms with van der Waals surface area (Å²) in [6, 6.07) is 3.59. The third-order valence-electron chi connectivity index (χ3n) is 3.48.